The molecule has 9 heteroatoms. The van der Waals surface area contributed by atoms with Gasteiger partial charge in [-0.1, -0.05) is 48.5 Å². The zero-order valence-corrected chi connectivity index (χ0v) is 14.7. The number of hydrogen-bond acceptors (Lipinski definition) is 3. The van der Waals surface area contributed by atoms with Crippen LogP contribution < -0.4 is 10.6 Å². The summed E-state index contributed by atoms with van der Waals surface area (Å²) in [6.07, 6.45) is -5.25. The molecule has 0 saturated carbocycles. The average molecular weight is 391 g/mol. The first-order valence-electron chi connectivity index (χ1n) is 8.32. The van der Waals surface area contributed by atoms with Gasteiger partial charge in [-0.25, -0.2) is 4.79 Å². The molecular weight excluding hydrogens is 375 g/mol. The zero-order chi connectivity index (χ0) is 20.5. The minimum Gasteiger partial charge on any atom is -0.314 e. The van der Waals surface area contributed by atoms with Crippen LogP contribution in [-0.2, 0) is 4.79 Å². The minimum atomic E-state index is -5.25. The van der Waals surface area contributed by atoms with Gasteiger partial charge in [0.2, 0.25) is 0 Å². The summed E-state index contributed by atoms with van der Waals surface area (Å²) < 4.78 is 41.6. The molecule has 0 spiro atoms. The van der Waals surface area contributed by atoms with Gasteiger partial charge in [-0.05, 0) is 24.6 Å². The molecule has 0 unspecified atom stereocenters. The molecule has 2 atom stereocenters. The van der Waals surface area contributed by atoms with Crippen LogP contribution in [0.2, 0.25) is 0 Å². The summed E-state index contributed by atoms with van der Waals surface area (Å²) in [5.74, 6) is -2.73. The summed E-state index contributed by atoms with van der Waals surface area (Å²) in [4.78, 5) is 37.9. The predicted molar refractivity (Wildman–Crippen MR) is 92.9 cm³/mol. The maximum Gasteiger partial charge on any atom is 0.440 e. The maximum absolute atomic E-state index is 13.9. The maximum atomic E-state index is 13.9. The molecule has 1 aliphatic heterocycles. The van der Waals surface area contributed by atoms with Crippen molar-refractivity contribution in [1.82, 2.24) is 15.5 Å². The number of carbonyl (C=O) groups excluding carboxylic acids is 3. The first kappa shape index (κ1) is 19.4. The van der Waals surface area contributed by atoms with E-state index in [9.17, 15) is 27.6 Å². The highest BCUT2D eigenvalue weighted by atomic mass is 19.4. The first-order valence-corrected chi connectivity index (χ1v) is 8.32. The summed E-state index contributed by atoms with van der Waals surface area (Å²) in [6.45, 7) is 1.43. The van der Waals surface area contributed by atoms with Crippen molar-refractivity contribution in [3.63, 3.8) is 0 Å². The Hall–Kier alpha value is -3.36. The largest absolute Gasteiger partial charge is 0.440 e. The van der Waals surface area contributed by atoms with Crippen molar-refractivity contribution >= 4 is 17.8 Å². The number of hydrogen-bond donors (Lipinski definition) is 2. The summed E-state index contributed by atoms with van der Waals surface area (Å²) >= 11 is 0. The van der Waals surface area contributed by atoms with Gasteiger partial charge in [0.25, 0.3) is 17.5 Å². The van der Waals surface area contributed by atoms with E-state index in [1.54, 1.807) is 47.0 Å². The van der Waals surface area contributed by atoms with E-state index in [1.165, 1.54) is 31.2 Å². The van der Waals surface area contributed by atoms with Gasteiger partial charge in [-0.2, -0.15) is 13.2 Å². The van der Waals surface area contributed by atoms with Crippen molar-refractivity contribution in [1.29, 1.82) is 0 Å². The van der Waals surface area contributed by atoms with Crippen molar-refractivity contribution in [3.05, 3.63) is 71.8 Å². The lowest BCUT2D eigenvalue weighted by Crippen LogP contribution is -2.69. The number of imide groups is 1. The van der Waals surface area contributed by atoms with E-state index < -0.39 is 35.7 Å². The highest BCUT2D eigenvalue weighted by Crippen LogP contribution is 2.37. The van der Waals surface area contributed by atoms with Crippen molar-refractivity contribution in [2.24, 2.45) is 0 Å². The Morgan fingerprint density at radius 1 is 1.04 bits per heavy atom. The monoisotopic (exact) mass is 391 g/mol. The van der Waals surface area contributed by atoms with Gasteiger partial charge < -0.3 is 5.32 Å². The molecule has 2 N–H and O–H groups in total. The molecule has 146 valence electrons. The lowest BCUT2D eigenvalue weighted by molar-refractivity contribution is -0.200. The Morgan fingerprint density at radius 2 is 1.57 bits per heavy atom. The van der Waals surface area contributed by atoms with Crippen molar-refractivity contribution in [2.45, 2.75) is 24.8 Å². The number of alkyl halides is 3. The number of halogens is 3. The van der Waals surface area contributed by atoms with Crippen molar-refractivity contribution < 1.29 is 27.6 Å². The zero-order valence-electron chi connectivity index (χ0n) is 14.7. The van der Waals surface area contributed by atoms with Gasteiger partial charge in [0.1, 0.15) is 0 Å². The van der Waals surface area contributed by atoms with Crippen molar-refractivity contribution in [3.8, 4) is 0 Å². The number of nitrogens with zero attached hydrogens (tertiary/aromatic N) is 1. The van der Waals surface area contributed by atoms with Crippen LogP contribution in [0.5, 0.6) is 0 Å². The third kappa shape index (κ3) is 3.19. The number of rotatable bonds is 4. The van der Waals surface area contributed by atoms with E-state index >= 15 is 0 Å². The van der Waals surface area contributed by atoms with Crippen LogP contribution in [0.4, 0.5) is 18.0 Å². The molecule has 2 aromatic carbocycles. The minimum absolute atomic E-state index is 0.0808. The second-order valence-electron chi connectivity index (χ2n) is 6.26. The van der Waals surface area contributed by atoms with Gasteiger partial charge in [-0.15, -0.1) is 0 Å². The molecule has 1 fully saturated rings. The summed E-state index contributed by atoms with van der Waals surface area (Å²) in [6, 6.07) is 13.0. The van der Waals surface area contributed by atoms with E-state index in [4.69, 9.17) is 0 Å². The smallest absolute Gasteiger partial charge is 0.314 e. The molecule has 1 saturated heterocycles. The standard InChI is InChI=1S/C19H16F3N3O3/c1-12(13-8-4-2-5-9-13)25-16(27)18(19(20,21)22,24-17(25)28)23-15(26)14-10-6-3-7-11-14/h2-12H,1H3,(H,23,26)(H,24,28)/t12-,18+/m0/s1. The van der Waals surface area contributed by atoms with E-state index in [0.29, 0.717) is 10.5 Å². The molecule has 3 rings (SSSR count). The highest BCUT2D eigenvalue weighted by Gasteiger charge is 2.69. The van der Waals surface area contributed by atoms with Crippen LogP contribution in [0.3, 0.4) is 0 Å². The molecule has 6 nitrogen and oxygen atoms in total. The second-order valence-corrected chi connectivity index (χ2v) is 6.26. The van der Waals surface area contributed by atoms with Crippen LogP contribution in [0, 0.1) is 0 Å². The van der Waals surface area contributed by atoms with Gasteiger partial charge >= 0.3 is 12.2 Å². The molecule has 0 bridgehead atoms. The van der Waals surface area contributed by atoms with Crippen molar-refractivity contribution in [2.75, 3.05) is 0 Å². The van der Waals surface area contributed by atoms with E-state index in [-0.39, 0.29) is 5.56 Å². The fourth-order valence-corrected chi connectivity index (χ4v) is 2.96. The van der Waals surface area contributed by atoms with Crippen LogP contribution in [0.1, 0.15) is 28.9 Å². The van der Waals surface area contributed by atoms with Crippen LogP contribution in [0.25, 0.3) is 0 Å². The molecule has 28 heavy (non-hydrogen) atoms. The summed E-state index contributed by atoms with van der Waals surface area (Å²) in [5.41, 5.74) is -3.15. The molecule has 1 aliphatic rings. The van der Waals surface area contributed by atoms with Crippen LogP contribution >= 0.6 is 0 Å². The Bertz CT molecular complexity index is 903. The van der Waals surface area contributed by atoms with Crippen LogP contribution in [0.15, 0.2) is 60.7 Å². The third-order valence-corrected chi connectivity index (χ3v) is 4.48. The quantitative estimate of drug-likeness (QED) is 0.787. The predicted octanol–water partition coefficient (Wildman–Crippen LogP) is 2.99. The Kier molecular flexibility index (Phi) is 4.84. The Morgan fingerprint density at radius 3 is 2.11 bits per heavy atom. The van der Waals surface area contributed by atoms with Gasteiger partial charge in [-0.3, -0.25) is 19.8 Å². The first-order chi connectivity index (χ1) is 13.2. The Labute approximate surface area is 158 Å². The number of amides is 4. The molecule has 0 radical (unpaired) electrons. The van der Waals surface area contributed by atoms with Crippen LogP contribution in [-0.4, -0.2) is 34.6 Å². The number of benzene rings is 2. The second kappa shape index (κ2) is 6.99. The van der Waals surface area contributed by atoms with E-state index in [2.05, 4.69) is 0 Å². The fraction of sp³-hybridized carbons (Fsp3) is 0.211. The third-order valence-electron chi connectivity index (χ3n) is 4.48. The Balaban J connectivity index is 1.97. The SMILES string of the molecule is C[C@@H](c1ccccc1)N1C(=O)N[C@@](NC(=O)c2ccccc2)(C(F)(F)F)C1=O. The molecule has 0 aromatic heterocycles. The van der Waals surface area contributed by atoms with Gasteiger partial charge in [0.15, 0.2) is 0 Å². The molecule has 2 aromatic rings. The van der Waals surface area contributed by atoms with Gasteiger partial charge in [0.05, 0.1) is 6.04 Å². The normalized spacial score (nSPS) is 20.6. The fourth-order valence-electron chi connectivity index (χ4n) is 2.96. The topological polar surface area (TPSA) is 78.5 Å². The van der Waals surface area contributed by atoms with E-state index in [0.717, 1.165) is 0 Å². The van der Waals surface area contributed by atoms with E-state index in [1.807, 2.05) is 0 Å². The number of nitrogens with one attached hydrogen (secondary N) is 2. The molecular formula is C19H16F3N3O3. The lowest BCUT2D eigenvalue weighted by atomic mass is 10.0. The molecule has 4 amide bonds. The average Bonchev–Trinajstić information content (AvgIpc) is 2.93. The molecule has 0 aliphatic carbocycles. The lowest BCUT2D eigenvalue weighted by Gasteiger charge is -2.30. The molecule has 1 heterocycles. The number of urea groups is 1. The summed E-state index contributed by atoms with van der Waals surface area (Å²) in [7, 11) is 0. The highest BCUT2D eigenvalue weighted by molar-refractivity contribution is 6.10. The van der Waals surface area contributed by atoms with Gasteiger partial charge in [0, 0.05) is 5.56 Å². The number of carbonyl (C=O) groups is 3. The summed E-state index contributed by atoms with van der Waals surface area (Å²) in [5, 5.41) is 3.32.